The summed E-state index contributed by atoms with van der Waals surface area (Å²) in [6, 6.07) is 0. The minimum atomic E-state index is 0.0188. The Morgan fingerprint density at radius 1 is 1.69 bits per heavy atom. The van der Waals surface area contributed by atoms with Crippen molar-refractivity contribution in [2.24, 2.45) is 5.92 Å². The quantitative estimate of drug-likeness (QED) is 0.469. The molecule has 1 fully saturated rings. The van der Waals surface area contributed by atoms with Crippen LogP contribution in [0.2, 0.25) is 0 Å². The normalized spacial score (nSPS) is 29.6. The Hall–Kier alpha value is -0.0700. The summed E-state index contributed by atoms with van der Waals surface area (Å²) >= 11 is 0. The Morgan fingerprint density at radius 2 is 2.44 bits per heavy atom. The highest BCUT2D eigenvalue weighted by Crippen LogP contribution is 2.35. The Kier molecular flexibility index (Phi) is 6.38. The number of hydrogen-bond donors (Lipinski definition) is 1. The zero-order valence-electron chi connectivity index (χ0n) is 9.48. The van der Waals surface area contributed by atoms with Crippen LogP contribution < -0.4 is 0 Å². The van der Waals surface area contributed by atoms with E-state index < -0.39 is 0 Å². The summed E-state index contributed by atoms with van der Waals surface area (Å²) < 4.78 is 15.7. The fourth-order valence-corrected chi connectivity index (χ4v) is 2.93. The van der Waals surface area contributed by atoms with Crippen molar-refractivity contribution in [2.75, 3.05) is 19.9 Å². The molecule has 16 heavy (non-hydrogen) atoms. The molecular formula is C11H18O3P2. The van der Waals surface area contributed by atoms with Gasteiger partial charge in [0.05, 0.1) is 6.10 Å². The maximum absolute atomic E-state index is 10.3. The van der Waals surface area contributed by atoms with Crippen molar-refractivity contribution < 1.29 is 14.4 Å². The van der Waals surface area contributed by atoms with Crippen molar-refractivity contribution >= 4 is 16.4 Å². The summed E-state index contributed by atoms with van der Waals surface area (Å²) in [5, 5.41) is 9.27. The Labute approximate surface area is 99.8 Å². The van der Waals surface area contributed by atoms with E-state index in [2.05, 4.69) is 12.7 Å². The van der Waals surface area contributed by atoms with Gasteiger partial charge in [-0.15, -0.1) is 0 Å². The van der Waals surface area contributed by atoms with E-state index in [1.807, 2.05) is 0 Å². The molecule has 0 spiro atoms. The van der Waals surface area contributed by atoms with Crippen molar-refractivity contribution in [2.45, 2.75) is 18.9 Å². The first kappa shape index (κ1) is 14.0. The highest BCUT2D eigenvalue weighted by molar-refractivity contribution is 8.05. The van der Waals surface area contributed by atoms with E-state index >= 15 is 0 Å². The second-order valence-corrected chi connectivity index (χ2v) is 6.31. The standard InChI is InChI=1S/C11H18O3P2/c1-8-10(7-12)5-9(3-4-15-16-13)6-11(8)14-2/h3,10-12,15H,1,4-7H2,2H3/b9-3-/t10-,11+/m0/s1. The molecule has 0 aromatic carbocycles. The summed E-state index contributed by atoms with van der Waals surface area (Å²) in [4.78, 5) is 0. The highest BCUT2D eigenvalue weighted by Gasteiger charge is 2.27. The van der Waals surface area contributed by atoms with Gasteiger partial charge in [-0.3, -0.25) is 4.57 Å². The lowest BCUT2D eigenvalue weighted by atomic mass is 9.80. The number of methoxy groups -OCH3 is 1. The van der Waals surface area contributed by atoms with Crippen LogP contribution in [0.15, 0.2) is 23.8 Å². The zero-order chi connectivity index (χ0) is 12.0. The van der Waals surface area contributed by atoms with Gasteiger partial charge in [0, 0.05) is 19.6 Å². The molecule has 1 aliphatic rings. The summed E-state index contributed by atoms with van der Waals surface area (Å²) in [5.74, 6) is 0.109. The Balaban J connectivity index is 2.64. The van der Waals surface area contributed by atoms with Gasteiger partial charge in [-0.25, -0.2) is 0 Å². The number of rotatable bonds is 5. The van der Waals surface area contributed by atoms with E-state index in [-0.39, 0.29) is 26.8 Å². The molecular weight excluding hydrogens is 242 g/mol. The second-order valence-electron chi connectivity index (χ2n) is 3.90. The lowest BCUT2D eigenvalue weighted by molar-refractivity contribution is 0.101. The van der Waals surface area contributed by atoms with Crippen molar-refractivity contribution in [3.63, 3.8) is 0 Å². The van der Waals surface area contributed by atoms with Crippen molar-refractivity contribution in [1.82, 2.24) is 0 Å². The molecule has 0 amide bonds. The van der Waals surface area contributed by atoms with Crippen LogP contribution in [-0.2, 0) is 9.30 Å². The fraction of sp³-hybridized carbons (Fsp3) is 0.636. The molecule has 0 bridgehead atoms. The van der Waals surface area contributed by atoms with Gasteiger partial charge in [0.2, 0.25) is 0 Å². The zero-order valence-corrected chi connectivity index (χ0v) is 11.4. The highest BCUT2D eigenvalue weighted by atomic mass is 32.0. The maximum atomic E-state index is 10.3. The van der Waals surface area contributed by atoms with Crippen LogP contribution in [0.3, 0.4) is 0 Å². The number of allylic oxidation sites excluding steroid dienone is 1. The Bertz CT molecular complexity index is 271. The first-order valence-electron chi connectivity index (χ1n) is 5.28. The van der Waals surface area contributed by atoms with Crippen LogP contribution in [0, 0.1) is 5.92 Å². The van der Waals surface area contributed by atoms with E-state index in [1.165, 1.54) is 5.57 Å². The third kappa shape index (κ3) is 3.75. The molecule has 5 heteroatoms. The van der Waals surface area contributed by atoms with E-state index in [0.29, 0.717) is 8.27 Å². The van der Waals surface area contributed by atoms with Crippen molar-refractivity contribution in [3.05, 3.63) is 23.8 Å². The molecule has 3 nitrogen and oxygen atoms in total. The topological polar surface area (TPSA) is 46.5 Å². The van der Waals surface area contributed by atoms with Crippen LogP contribution >= 0.6 is 16.4 Å². The van der Waals surface area contributed by atoms with Crippen molar-refractivity contribution in [3.8, 4) is 0 Å². The molecule has 0 radical (unpaired) electrons. The first-order chi connectivity index (χ1) is 7.72. The molecule has 1 unspecified atom stereocenters. The number of aliphatic hydroxyl groups excluding tert-OH is 1. The third-order valence-corrected chi connectivity index (χ3v) is 4.40. The van der Waals surface area contributed by atoms with E-state index in [1.54, 1.807) is 7.11 Å². The fourth-order valence-electron chi connectivity index (χ4n) is 1.97. The van der Waals surface area contributed by atoms with Gasteiger partial charge >= 0.3 is 0 Å². The van der Waals surface area contributed by atoms with Gasteiger partial charge in [0.25, 0.3) is 0 Å². The van der Waals surface area contributed by atoms with Crippen LogP contribution in [0.25, 0.3) is 0 Å². The minimum Gasteiger partial charge on any atom is -0.396 e. The first-order valence-corrected chi connectivity index (χ1v) is 8.14. The number of aliphatic hydroxyl groups is 1. The van der Waals surface area contributed by atoms with E-state index in [9.17, 15) is 9.67 Å². The summed E-state index contributed by atoms with van der Waals surface area (Å²) in [6.07, 6.45) is 4.71. The van der Waals surface area contributed by atoms with Gasteiger partial charge in [-0.2, -0.15) is 0 Å². The molecule has 0 saturated heterocycles. The Morgan fingerprint density at radius 3 is 3.00 bits per heavy atom. The molecule has 0 heterocycles. The molecule has 90 valence electrons. The minimum absolute atomic E-state index is 0.0188. The molecule has 1 saturated carbocycles. The molecule has 1 N–H and O–H groups in total. The van der Waals surface area contributed by atoms with Gasteiger partial charge in [0.1, 0.15) is 0 Å². The maximum Gasteiger partial charge on any atom is 0.178 e. The van der Waals surface area contributed by atoms with Gasteiger partial charge in [-0.1, -0.05) is 18.2 Å². The summed E-state index contributed by atoms with van der Waals surface area (Å²) in [5.41, 5.74) is 2.28. The SMILES string of the molecule is C=C1[C@H](CO)C/C(=C/CPP=O)C[C@H]1OC. The second kappa shape index (κ2) is 7.29. The molecule has 1 rings (SSSR count). The van der Waals surface area contributed by atoms with Crippen molar-refractivity contribution in [1.29, 1.82) is 0 Å². The molecule has 3 atom stereocenters. The largest absolute Gasteiger partial charge is 0.396 e. The molecule has 1 aliphatic carbocycles. The average molecular weight is 260 g/mol. The molecule has 0 aromatic heterocycles. The molecule has 0 aromatic rings. The monoisotopic (exact) mass is 260 g/mol. The van der Waals surface area contributed by atoms with E-state index in [4.69, 9.17) is 4.74 Å². The van der Waals surface area contributed by atoms with Gasteiger partial charge < -0.3 is 9.84 Å². The summed E-state index contributed by atoms with van der Waals surface area (Å²) in [6.45, 7) is 4.11. The predicted octanol–water partition coefficient (Wildman–Crippen LogP) is 2.77. The van der Waals surface area contributed by atoms with Crippen LogP contribution in [-0.4, -0.2) is 31.1 Å². The smallest absolute Gasteiger partial charge is 0.178 e. The van der Waals surface area contributed by atoms with Gasteiger partial charge in [0.15, 0.2) is 8.15 Å². The predicted molar refractivity (Wildman–Crippen MR) is 68.6 cm³/mol. The third-order valence-electron chi connectivity index (χ3n) is 2.95. The summed E-state index contributed by atoms with van der Waals surface area (Å²) in [7, 11) is 2.32. The lowest BCUT2D eigenvalue weighted by Crippen LogP contribution is -2.28. The van der Waals surface area contributed by atoms with Crippen LogP contribution in [0.4, 0.5) is 0 Å². The number of ether oxygens (including phenoxy) is 1. The van der Waals surface area contributed by atoms with E-state index in [0.717, 1.165) is 24.6 Å². The average Bonchev–Trinajstić information content (AvgIpc) is 2.31. The van der Waals surface area contributed by atoms with Gasteiger partial charge in [-0.05, 0) is 32.8 Å². The molecule has 0 aliphatic heterocycles. The number of hydrogen-bond acceptors (Lipinski definition) is 3. The van der Waals surface area contributed by atoms with Crippen LogP contribution in [0.5, 0.6) is 0 Å². The lowest BCUT2D eigenvalue weighted by Gasteiger charge is -2.31. The van der Waals surface area contributed by atoms with Crippen LogP contribution in [0.1, 0.15) is 12.8 Å².